The molecular formula is C27H34N2O2Sr. The molecule has 0 radical (unpaired) electrons. The summed E-state index contributed by atoms with van der Waals surface area (Å²) in [7, 11) is 4.00. The van der Waals surface area contributed by atoms with E-state index < -0.39 is 17.4 Å². The van der Waals surface area contributed by atoms with Crippen LogP contribution in [0.25, 0.3) is 0 Å². The quantitative estimate of drug-likeness (QED) is 0.446. The third-order valence-corrected chi connectivity index (χ3v) is 6.13. The summed E-state index contributed by atoms with van der Waals surface area (Å²) in [5.41, 5.74) is 1.48. The van der Waals surface area contributed by atoms with Crippen LogP contribution in [0.1, 0.15) is 51.7 Å². The van der Waals surface area contributed by atoms with Crippen LogP contribution in [-0.4, -0.2) is 74.8 Å². The van der Waals surface area contributed by atoms with Gasteiger partial charge in [-0.25, -0.2) is 0 Å². The van der Waals surface area contributed by atoms with E-state index in [1.54, 1.807) is 0 Å². The molecule has 3 rings (SSSR count). The summed E-state index contributed by atoms with van der Waals surface area (Å²) in [4.78, 5) is 28.4. The maximum absolute atomic E-state index is 13.6. The molecule has 2 aromatic carbocycles. The summed E-state index contributed by atoms with van der Waals surface area (Å²) in [6, 6.07) is 18.7. The van der Waals surface area contributed by atoms with Gasteiger partial charge in [0, 0.05) is 0 Å². The van der Waals surface area contributed by atoms with Crippen LogP contribution in [0.15, 0.2) is 60.7 Å². The third kappa shape index (κ3) is 6.69. The minimum absolute atomic E-state index is 0. The molecule has 0 saturated heterocycles. The molecule has 1 saturated carbocycles. The van der Waals surface area contributed by atoms with Crippen LogP contribution in [-0.2, 0) is 9.59 Å². The predicted octanol–water partition coefficient (Wildman–Crippen LogP) is 4.45. The normalized spacial score (nSPS) is 17.8. The zero-order valence-corrected chi connectivity index (χ0v) is 23.4. The van der Waals surface area contributed by atoms with E-state index in [9.17, 15) is 9.59 Å². The number of rotatable bonds is 7. The van der Waals surface area contributed by atoms with Crippen LogP contribution < -0.4 is 5.32 Å². The Bertz CT molecular complexity index is 867. The molecule has 0 aromatic heterocycles. The number of carbonyl (C=O) groups excluding carboxylic acids is 2. The van der Waals surface area contributed by atoms with Crippen LogP contribution in [0.5, 0.6) is 0 Å². The van der Waals surface area contributed by atoms with Crippen molar-refractivity contribution in [1.82, 2.24) is 10.2 Å². The van der Waals surface area contributed by atoms with Gasteiger partial charge in [0.2, 0.25) is 11.8 Å². The van der Waals surface area contributed by atoms with Gasteiger partial charge < -0.3 is 16.6 Å². The fourth-order valence-corrected chi connectivity index (χ4v) is 3.93. The molecule has 1 N–H and O–H groups in total. The zero-order valence-electron chi connectivity index (χ0n) is 20.0. The Kier molecular flexibility index (Phi) is 9.20. The predicted molar refractivity (Wildman–Crippen MR) is 131 cm³/mol. The molecule has 1 fully saturated rings. The first-order valence-corrected chi connectivity index (χ1v) is 10.9. The van der Waals surface area contributed by atoms with Crippen LogP contribution in [0.3, 0.4) is 0 Å². The van der Waals surface area contributed by atoms with Crippen molar-refractivity contribution in [2.24, 2.45) is 16.7 Å². The zero-order chi connectivity index (χ0) is 22.8. The fourth-order valence-electron chi connectivity index (χ4n) is 3.93. The topological polar surface area (TPSA) is 49.4 Å². The van der Waals surface area contributed by atoms with E-state index in [1.165, 1.54) is 4.90 Å². The summed E-state index contributed by atoms with van der Waals surface area (Å²) < 4.78 is 0. The van der Waals surface area contributed by atoms with Crippen LogP contribution >= 0.6 is 0 Å². The minimum atomic E-state index is -0.672. The van der Waals surface area contributed by atoms with Crippen molar-refractivity contribution in [3.8, 4) is 0 Å². The maximum atomic E-state index is 13.6. The summed E-state index contributed by atoms with van der Waals surface area (Å²) >= 11 is 0. The molecule has 1 aliphatic rings. The van der Waals surface area contributed by atoms with Gasteiger partial charge in [-0.3, -0.25) is 16.6 Å². The van der Waals surface area contributed by atoms with E-state index in [-0.39, 0.29) is 62.7 Å². The fraction of sp³-hybridized carbons (Fsp3) is 0.407. The first-order valence-electron chi connectivity index (χ1n) is 10.9. The second-order valence-electron chi connectivity index (χ2n) is 10.2. The molecule has 1 unspecified atom stereocenters. The number of benzene rings is 2. The van der Waals surface area contributed by atoms with E-state index in [0.29, 0.717) is 12.5 Å². The SMILES string of the molecule is [CH2-]N(CC1[CH-]C1(C)C)C(=O)[C@@H](NC(=O)C(c1ccccc1)c1ccccc1)C(C)(C)C.[Sr+2]. The molecule has 1 aliphatic carbocycles. The minimum Gasteiger partial charge on any atom is -0.496 e. The number of hydrogen-bond acceptors (Lipinski definition) is 2. The Balaban J connectivity index is 0.00000363. The van der Waals surface area contributed by atoms with E-state index in [2.05, 4.69) is 32.6 Å². The second-order valence-corrected chi connectivity index (χ2v) is 10.2. The Morgan fingerprint density at radius 2 is 1.47 bits per heavy atom. The van der Waals surface area contributed by atoms with Gasteiger partial charge in [0.15, 0.2) is 0 Å². The Morgan fingerprint density at radius 1 is 1.03 bits per heavy atom. The van der Waals surface area contributed by atoms with Crippen molar-refractivity contribution in [3.63, 3.8) is 0 Å². The Labute approximate surface area is 230 Å². The molecule has 2 atom stereocenters. The average Bonchev–Trinajstić information content (AvgIpc) is 3.32. The average molecular weight is 506 g/mol. The van der Waals surface area contributed by atoms with Crippen molar-refractivity contribution in [3.05, 3.63) is 85.3 Å². The first kappa shape index (κ1) is 27.1. The van der Waals surface area contributed by atoms with Gasteiger partial charge in [-0.05, 0) is 23.1 Å². The largest absolute Gasteiger partial charge is 2.00 e. The summed E-state index contributed by atoms with van der Waals surface area (Å²) in [6.45, 7) is 10.8. The Morgan fingerprint density at radius 3 is 1.84 bits per heavy atom. The standard InChI is InChI=1S/C27H34N2O2.Sr/c1-26(2,3)23(25(31)29(6)18-21-17-27(21,4)5)28-24(30)22(19-13-9-7-10-14-19)20-15-11-8-12-16-20;/h7-17,21-23H,6,18H2,1-5H3,(H,28,30);/q-2;+2/t21?,23-;/m1./s1. The smallest absolute Gasteiger partial charge is 0.496 e. The van der Waals surface area contributed by atoms with Crippen LogP contribution in [0.4, 0.5) is 0 Å². The van der Waals surface area contributed by atoms with Crippen molar-refractivity contribution < 1.29 is 9.59 Å². The number of nitrogens with zero attached hydrogens (tertiary/aromatic N) is 1. The number of hydrogen-bond donors (Lipinski definition) is 1. The maximum Gasteiger partial charge on any atom is 2.00 e. The van der Waals surface area contributed by atoms with Gasteiger partial charge in [0.1, 0.15) is 6.04 Å². The van der Waals surface area contributed by atoms with Crippen molar-refractivity contribution in [1.29, 1.82) is 0 Å². The van der Waals surface area contributed by atoms with Crippen molar-refractivity contribution in [2.45, 2.75) is 46.6 Å². The monoisotopic (exact) mass is 506 g/mol. The summed E-state index contributed by atoms with van der Waals surface area (Å²) in [5.74, 6) is -0.491. The van der Waals surface area contributed by atoms with E-state index in [4.69, 9.17) is 0 Å². The summed E-state index contributed by atoms with van der Waals surface area (Å²) in [6.07, 6.45) is 2.23. The van der Waals surface area contributed by atoms with Gasteiger partial charge >= 0.3 is 45.5 Å². The van der Waals surface area contributed by atoms with Crippen molar-refractivity contribution >= 4 is 57.3 Å². The first-order chi connectivity index (χ1) is 14.5. The van der Waals surface area contributed by atoms with E-state index >= 15 is 0 Å². The number of carbonyl (C=O) groups is 2. The van der Waals surface area contributed by atoms with E-state index in [0.717, 1.165) is 11.1 Å². The van der Waals surface area contributed by atoms with Crippen molar-refractivity contribution in [2.75, 3.05) is 6.54 Å². The molecular weight excluding hydrogens is 472 g/mol. The third-order valence-electron chi connectivity index (χ3n) is 6.13. The van der Waals surface area contributed by atoms with Gasteiger partial charge in [-0.2, -0.15) is 11.3 Å². The van der Waals surface area contributed by atoms with Gasteiger partial charge in [-0.15, -0.1) is 0 Å². The number of nitrogens with one attached hydrogen (secondary N) is 1. The molecule has 0 heterocycles. The van der Waals surface area contributed by atoms with E-state index in [1.807, 2.05) is 81.4 Å². The van der Waals surface area contributed by atoms with Gasteiger partial charge in [0.25, 0.3) is 0 Å². The van der Waals surface area contributed by atoms with Gasteiger partial charge in [-0.1, -0.05) is 95.3 Å². The molecule has 0 aliphatic heterocycles. The molecule has 0 spiro atoms. The molecule has 4 nitrogen and oxygen atoms in total. The molecule has 0 bridgehead atoms. The molecule has 2 amide bonds. The molecule has 166 valence electrons. The molecule has 32 heavy (non-hydrogen) atoms. The van der Waals surface area contributed by atoms with Crippen LogP contribution in [0, 0.1) is 30.2 Å². The second kappa shape index (κ2) is 10.9. The van der Waals surface area contributed by atoms with Crippen LogP contribution in [0.2, 0.25) is 0 Å². The molecule has 2 aromatic rings. The molecule has 5 heteroatoms. The number of amides is 2. The Hall–Kier alpha value is -1.14. The summed E-state index contributed by atoms with van der Waals surface area (Å²) in [5, 5.41) is 3.07. The van der Waals surface area contributed by atoms with Gasteiger partial charge in [0.05, 0.1) is 5.92 Å².